The van der Waals surface area contributed by atoms with Gasteiger partial charge >= 0.3 is 0 Å². The summed E-state index contributed by atoms with van der Waals surface area (Å²) in [5.74, 6) is 0. The number of nitrogens with one attached hydrogen (secondary N) is 1. The van der Waals surface area contributed by atoms with Crippen molar-refractivity contribution in [2.75, 3.05) is 12.8 Å². The molecule has 78 valence electrons. The molecule has 0 aromatic carbocycles. The molecule has 0 unspecified atom stereocenters. The summed E-state index contributed by atoms with van der Waals surface area (Å²) in [6, 6.07) is 0. The maximum atomic E-state index is 11.4. The van der Waals surface area contributed by atoms with Gasteiger partial charge in [0.1, 0.15) is 0 Å². The lowest BCUT2D eigenvalue weighted by Crippen LogP contribution is -2.36. The topological polar surface area (TPSA) is 46.2 Å². The Bertz CT molecular complexity index is 268. The van der Waals surface area contributed by atoms with E-state index in [0.29, 0.717) is 6.54 Å². The molecule has 0 aliphatic heterocycles. The molecule has 0 amide bonds. The molecular formula is C8H17NO2S2. The van der Waals surface area contributed by atoms with Crippen LogP contribution in [0, 0.1) is 0 Å². The second-order valence-corrected chi connectivity index (χ2v) is 7.40. The molecule has 0 atom stereocenters. The van der Waals surface area contributed by atoms with Gasteiger partial charge in [-0.2, -0.15) is 11.8 Å². The third-order valence-electron chi connectivity index (χ3n) is 2.46. The molecule has 1 fully saturated rings. The molecule has 1 N–H and O–H groups in total. The van der Waals surface area contributed by atoms with Crippen LogP contribution < -0.4 is 4.72 Å². The molecule has 3 nitrogen and oxygen atoms in total. The zero-order chi connectivity index (χ0) is 10.1. The second-order valence-electron chi connectivity index (χ2n) is 3.80. The van der Waals surface area contributed by atoms with Gasteiger partial charge in [-0.25, -0.2) is 13.1 Å². The molecule has 0 heterocycles. The molecule has 1 aliphatic carbocycles. The van der Waals surface area contributed by atoms with Crippen LogP contribution in [0.1, 0.15) is 26.7 Å². The van der Waals surface area contributed by atoms with Gasteiger partial charge in [-0.3, -0.25) is 0 Å². The fraction of sp³-hybridized carbons (Fsp3) is 1.00. The molecule has 0 saturated heterocycles. The van der Waals surface area contributed by atoms with Crippen molar-refractivity contribution in [3.8, 4) is 0 Å². The van der Waals surface area contributed by atoms with Gasteiger partial charge < -0.3 is 0 Å². The minimum absolute atomic E-state index is 0.210. The first-order valence-electron chi connectivity index (χ1n) is 4.45. The third-order valence-corrected chi connectivity index (χ3v) is 5.66. The zero-order valence-electron chi connectivity index (χ0n) is 8.33. The summed E-state index contributed by atoms with van der Waals surface area (Å²) in [6.07, 6.45) is 4.31. The standard InChI is InChI=1S/C8H17NO2S2/c1-7(2)13(10,11)9-6-8(12-3)4-5-8/h7,9H,4-6H2,1-3H3. The number of hydrogen-bond donors (Lipinski definition) is 1. The fourth-order valence-electron chi connectivity index (χ4n) is 0.991. The Labute approximate surface area is 84.7 Å². The smallest absolute Gasteiger partial charge is 0.213 e. The van der Waals surface area contributed by atoms with Crippen LogP contribution in [0.15, 0.2) is 0 Å². The Balaban J connectivity index is 2.43. The molecule has 0 spiro atoms. The molecule has 0 radical (unpaired) electrons. The molecule has 0 aromatic heterocycles. The van der Waals surface area contributed by atoms with Gasteiger partial charge in [0.05, 0.1) is 5.25 Å². The van der Waals surface area contributed by atoms with Crippen LogP contribution in [0.2, 0.25) is 0 Å². The monoisotopic (exact) mass is 223 g/mol. The van der Waals surface area contributed by atoms with Crippen LogP contribution in [0.5, 0.6) is 0 Å². The quantitative estimate of drug-likeness (QED) is 0.762. The molecule has 1 aliphatic rings. The van der Waals surface area contributed by atoms with Crippen molar-refractivity contribution in [2.24, 2.45) is 0 Å². The average Bonchev–Trinajstić information content (AvgIpc) is 2.81. The van der Waals surface area contributed by atoms with E-state index in [1.54, 1.807) is 25.6 Å². The molecule has 13 heavy (non-hydrogen) atoms. The average molecular weight is 223 g/mol. The van der Waals surface area contributed by atoms with E-state index in [4.69, 9.17) is 0 Å². The number of sulfonamides is 1. The predicted molar refractivity (Wildman–Crippen MR) is 57.5 cm³/mol. The Morgan fingerprint density at radius 2 is 2.00 bits per heavy atom. The van der Waals surface area contributed by atoms with Crippen LogP contribution in [0.3, 0.4) is 0 Å². The highest BCUT2D eigenvalue weighted by molar-refractivity contribution is 8.00. The summed E-state index contributed by atoms with van der Waals surface area (Å²) in [7, 11) is -3.06. The largest absolute Gasteiger partial charge is 0.214 e. The van der Waals surface area contributed by atoms with Crippen LogP contribution in [-0.2, 0) is 10.0 Å². The van der Waals surface area contributed by atoms with Crippen molar-refractivity contribution >= 4 is 21.8 Å². The molecule has 0 bridgehead atoms. The summed E-state index contributed by atoms with van der Waals surface area (Å²) in [4.78, 5) is 0. The van der Waals surface area contributed by atoms with E-state index in [-0.39, 0.29) is 10.00 Å². The van der Waals surface area contributed by atoms with E-state index in [1.165, 1.54) is 0 Å². The minimum atomic E-state index is -3.06. The van der Waals surface area contributed by atoms with Gasteiger partial charge in [0.25, 0.3) is 0 Å². The Morgan fingerprint density at radius 1 is 1.46 bits per heavy atom. The maximum Gasteiger partial charge on any atom is 0.213 e. The fourth-order valence-corrected chi connectivity index (χ4v) is 2.62. The summed E-state index contributed by atoms with van der Waals surface area (Å²) in [6.45, 7) is 3.98. The molecule has 1 rings (SSSR count). The molecular weight excluding hydrogens is 206 g/mol. The Kier molecular flexibility index (Phi) is 3.30. The molecule has 1 saturated carbocycles. The van der Waals surface area contributed by atoms with Gasteiger partial charge in [0.2, 0.25) is 10.0 Å². The lowest BCUT2D eigenvalue weighted by molar-refractivity contribution is 0.570. The van der Waals surface area contributed by atoms with Crippen molar-refractivity contribution < 1.29 is 8.42 Å². The van der Waals surface area contributed by atoms with E-state index >= 15 is 0 Å². The highest BCUT2D eigenvalue weighted by Gasteiger charge is 2.42. The van der Waals surface area contributed by atoms with Gasteiger partial charge in [-0.05, 0) is 32.9 Å². The van der Waals surface area contributed by atoms with E-state index in [0.717, 1.165) is 12.8 Å². The summed E-state index contributed by atoms with van der Waals surface area (Å²) in [5, 5.41) is -0.329. The zero-order valence-corrected chi connectivity index (χ0v) is 9.96. The first-order valence-corrected chi connectivity index (χ1v) is 7.23. The summed E-state index contributed by atoms with van der Waals surface area (Å²) < 4.78 is 25.7. The number of thioether (sulfide) groups is 1. The lowest BCUT2D eigenvalue weighted by Gasteiger charge is -2.14. The first-order chi connectivity index (χ1) is 5.92. The second kappa shape index (κ2) is 3.79. The Morgan fingerprint density at radius 3 is 2.31 bits per heavy atom. The van der Waals surface area contributed by atoms with Gasteiger partial charge in [-0.1, -0.05) is 0 Å². The van der Waals surface area contributed by atoms with E-state index < -0.39 is 10.0 Å². The van der Waals surface area contributed by atoms with Crippen molar-refractivity contribution in [1.82, 2.24) is 4.72 Å². The van der Waals surface area contributed by atoms with E-state index in [9.17, 15) is 8.42 Å². The van der Waals surface area contributed by atoms with Crippen molar-refractivity contribution in [2.45, 2.75) is 36.7 Å². The van der Waals surface area contributed by atoms with Crippen LogP contribution in [0.25, 0.3) is 0 Å². The van der Waals surface area contributed by atoms with E-state index in [2.05, 4.69) is 4.72 Å². The van der Waals surface area contributed by atoms with Crippen LogP contribution in [-0.4, -0.2) is 31.2 Å². The number of rotatable bonds is 5. The molecule has 0 aromatic rings. The highest BCUT2D eigenvalue weighted by Crippen LogP contribution is 2.46. The number of hydrogen-bond acceptors (Lipinski definition) is 3. The molecule has 5 heteroatoms. The van der Waals surface area contributed by atoms with Gasteiger partial charge in [-0.15, -0.1) is 0 Å². The summed E-state index contributed by atoms with van der Waals surface area (Å²) in [5.41, 5.74) is 0. The lowest BCUT2D eigenvalue weighted by atomic mass is 10.4. The van der Waals surface area contributed by atoms with Crippen molar-refractivity contribution in [3.05, 3.63) is 0 Å². The van der Waals surface area contributed by atoms with Crippen LogP contribution in [0.4, 0.5) is 0 Å². The highest BCUT2D eigenvalue weighted by atomic mass is 32.2. The van der Waals surface area contributed by atoms with Crippen molar-refractivity contribution in [1.29, 1.82) is 0 Å². The summed E-state index contributed by atoms with van der Waals surface area (Å²) >= 11 is 1.76. The predicted octanol–water partition coefficient (Wildman–Crippen LogP) is 1.21. The normalized spacial score (nSPS) is 20.6. The van der Waals surface area contributed by atoms with Gasteiger partial charge in [0.15, 0.2) is 0 Å². The first kappa shape index (κ1) is 11.3. The van der Waals surface area contributed by atoms with Gasteiger partial charge in [0, 0.05) is 11.3 Å². The van der Waals surface area contributed by atoms with E-state index in [1.807, 2.05) is 6.26 Å². The minimum Gasteiger partial charge on any atom is -0.214 e. The third kappa shape index (κ3) is 2.86. The maximum absolute atomic E-state index is 11.4. The Hall–Kier alpha value is 0.260. The SMILES string of the molecule is CSC1(CNS(=O)(=O)C(C)C)CC1. The van der Waals surface area contributed by atoms with Crippen LogP contribution >= 0.6 is 11.8 Å². The van der Waals surface area contributed by atoms with Crippen molar-refractivity contribution in [3.63, 3.8) is 0 Å².